The van der Waals surface area contributed by atoms with Crippen LogP contribution in [0, 0.1) is 16.0 Å². The standard InChI is InChI=1S/C14H22N2O3/c1-2-5-12(8-9-17)10-15-11-13-6-3-4-7-14(13)16(18)19/h3-4,6-7,12,15,17H,2,5,8-11H2,1H3. The van der Waals surface area contributed by atoms with E-state index < -0.39 is 0 Å². The summed E-state index contributed by atoms with van der Waals surface area (Å²) in [6.45, 7) is 3.58. The number of para-hydroxylation sites is 1. The maximum Gasteiger partial charge on any atom is 0.273 e. The summed E-state index contributed by atoms with van der Waals surface area (Å²) in [5.41, 5.74) is 0.857. The molecular formula is C14H22N2O3. The van der Waals surface area contributed by atoms with Crippen LogP contribution in [0.5, 0.6) is 0 Å². The molecular weight excluding hydrogens is 244 g/mol. The van der Waals surface area contributed by atoms with E-state index >= 15 is 0 Å². The summed E-state index contributed by atoms with van der Waals surface area (Å²) in [6, 6.07) is 6.77. The van der Waals surface area contributed by atoms with Gasteiger partial charge in [0.05, 0.1) is 4.92 Å². The van der Waals surface area contributed by atoms with Gasteiger partial charge in [-0.1, -0.05) is 31.5 Å². The Morgan fingerprint density at radius 2 is 2.11 bits per heavy atom. The van der Waals surface area contributed by atoms with Gasteiger partial charge in [0.2, 0.25) is 0 Å². The van der Waals surface area contributed by atoms with Crippen LogP contribution in [0.25, 0.3) is 0 Å². The second-order valence-corrected chi connectivity index (χ2v) is 4.68. The molecule has 1 aromatic carbocycles. The van der Waals surface area contributed by atoms with Gasteiger partial charge in [-0.3, -0.25) is 10.1 Å². The highest BCUT2D eigenvalue weighted by Gasteiger charge is 2.12. The highest BCUT2D eigenvalue weighted by molar-refractivity contribution is 5.39. The van der Waals surface area contributed by atoms with Gasteiger partial charge < -0.3 is 10.4 Å². The van der Waals surface area contributed by atoms with Crippen molar-refractivity contribution < 1.29 is 10.0 Å². The predicted octanol–water partition coefficient (Wildman–Crippen LogP) is 2.48. The summed E-state index contributed by atoms with van der Waals surface area (Å²) in [5.74, 6) is 0.428. The lowest BCUT2D eigenvalue weighted by atomic mass is 10.00. The Labute approximate surface area is 113 Å². The number of nitro benzene ring substituents is 1. The van der Waals surface area contributed by atoms with Crippen molar-refractivity contribution in [1.82, 2.24) is 5.32 Å². The molecule has 0 radical (unpaired) electrons. The van der Waals surface area contributed by atoms with Crippen LogP contribution in [0.1, 0.15) is 31.7 Å². The molecule has 0 spiro atoms. The minimum Gasteiger partial charge on any atom is -0.396 e. The van der Waals surface area contributed by atoms with Crippen molar-refractivity contribution in [3.05, 3.63) is 39.9 Å². The molecule has 1 atom stereocenters. The predicted molar refractivity (Wildman–Crippen MR) is 74.9 cm³/mol. The van der Waals surface area contributed by atoms with Crippen LogP contribution in [0.2, 0.25) is 0 Å². The van der Waals surface area contributed by atoms with Crippen LogP contribution in [-0.2, 0) is 6.54 Å². The summed E-state index contributed by atoms with van der Waals surface area (Å²) >= 11 is 0. The summed E-state index contributed by atoms with van der Waals surface area (Å²) in [7, 11) is 0. The van der Waals surface area contributed by atoms with E-state index in [2.05, 4.69) is 12.2 Å². The second kappa shape index (κ2) is 8.61. The number of rotatable bonds is 9. The Morgan fingerprint density at radius 3 is 2.74 bits per heavy atom. The van der Waals surface area contributed by atoms with E-state index in [0.717, 1.165) is 25.8 Å². The molecule has 1 aromatic rings. The average Bonchev–Trinajstić information content (AvgIpc) is 2.39. The van der Waals surface area contributed by atoms with Gasteiger partial charge in [0, 0.05) is 24.8 Å². The zero-order valence-corrected chi connectivity index (χ0v) is 11.3. The number of nitro groups is 1. The van der Waals surface area contributed by atoms with Crippen LogP contribution in [0.15, 0.2) is 24.3 Å². The van der Waals surface area contributed by atoms with Crippen LogP contribution in [0.3, 0.4) is 0 Å². The summed E-state index contributed by atoms with van der Waals surface area (Å²) in [6.07, 6.45) is 2.92. The smallest absolute Gasteiger partial charge is 0.273 e. The molecule has 5 heteroatoms. The van der Waals surface area contributed by atoms with Gasteiger partial charge >= 0.3 is 0 Å². The third-order valence-electron chi connectivity index (χ3n) is 3.17. The van der Waals surface area contributed by atoms with Crippen molar-refractivity contribution in [3.63, 3.8) is 0 Å². The zero-order chi connectivity index (χ0) is 14.1. The number of nitrogens with one attached hydrogen (secondary N) is 1. The molecule has 0 aliphatic carbocycles. The van der Waals surface area contributed by atoms with Gasteiger partial charge in [-0.05, 0) is 25.3 Å². The van der Waals surface area contributed by atoms with E-state index in [-0.39, 0.29) is 17.2 Å². The number of aliphatic hydroxyl groups is 1. The third kappa shape index (κ3) is 5.36. The molecule has 1 rings (SSSR count). The van der Waals surface area contributed by atoms with Gasteiger partial charge in [-0.2, -0.15) is 0 Å². The highest BCUT2D eigenvalue weighted by Crippen LogP contribution is 2.17. The van der Waals surface area contributed by atoms with Gasteiger partial charge in [-0.25, -0.2) is 0 Å². The van der Waals surface area contributed by atoms with E-state index in [1.165, 1.54) is 6.07 Å². The minimum absolute atomic E-state index is 0.157. The number of aliphatic hydroxyl groups excluding tert-OH is 1. The lowest BCUT2D eigenvalue weighted by Crippen LogP contribution is -2.23. The Hall–Kier alpha value is -1.46. The first kappa shape index (κ1) is 15.6. The molecule has 106 valence electrons. The summed E-state index contributed by atoms with van der Waals surface area (Å²) in [5, 5.41) is 23.1. The molecule has 0 bridgehead atoms. The highest BCUT2D eigenvalue weighted by atomic mass is 16.6. The molecule has 0 aromatic heterocycles. The molecule has 0 aliphatic rings. The van der Waals surface area contributed by atoms with Crippen molar-refractivity contribution in [2.45, 2.75) is 32.7 Å². The first-order valence-electron chi connectivity index (χ1n) is 6.72. The fourth-order valence-corrected chi connectivity index (χ4v) is 2.19. The Morgan fingerprint density at radius 1 is 1.37 bits per heavy atom. The van der Waals surface area contributed by atoms with Crippen molar-refractivity contribution in [1.29, 1.82) is 0 Å². The molecule has 19 heavy (non-hydrogen) atoms. The second-order valence-electron chi connectivity index (χ2n) is 4.68. The SMILES string of the molecule is CCCC(CCO)CNCc1ccccc1[N+](=O)[O-]. The molecule has 0 heterocycles. The van der Waals surface area contributed by atoms with Crippen LogP contribution >= 0.6 is 0 Å². The Kier molecular flexibility index (Phi) is 7.07. The van der Waals surface area contributed by atoms with E-state index in [0.29, 0.717) is 18.0 Å². The van der Waals surface area contributed by atoms with Crippen molar-refractivity contribution in [2.24, 2.45) is 5.92 Å². The monoisotopic (exact) mass is 266 g/mol. The molecule has 2 N–H and O–H groups in total. The average molecular weight is 266 g/mol. The minimum atomic E-state index is -0.353. The summed E-state index contributed by atoms with van der Waals surface area (Å²) in [4.78, 5) is 10.5. The molecule has 5 nitrogen and oxygen atoms in total. The van der Waals surface area contributed by atoms with E-state index in [9.17, 15) is 10.1 Å². The normalized spacial score (nSPS) is 12.3. The quantitative estimate of drug-likeness (QED) is 0.532. The maximum atomic E-state index is 10.9. The van der Waals surface area contributed by atoms with E-state index in [1.54, 1.807) is 18.2 Å². The summed E-state index contributed by atoms with van der Waals surface area (Å²) < 4.78 is 0. The van der Waals surface area contributed by atoms with Crippen LogP contribution in [0.4, 0.5) is 5.69 Å². The topological polar surface area (TPSA) is 75.4 Å². The van der Waals surface area contributed by atoms with Gasteiger partial charge in [0.15, 0.2) is 0 Å². The van der Waals surface area contributed by atoms with Gasteiger partial charge in [0.1, 0.15) is 0 Å². The lowest BCUT2D eigenvalue weighted by Gasteiger charge is -2.15. The molecule has 0 saturated heterocycles. The maximum absolute atomic E-state index is 10.9. The number of benzene rings is 1. The molecule has 1 unspecified atom stereocenters. The lowest BCUT2D eigenvalue weighted by molar-refractivity contribution is -0.385. The van der Waals surface area contributed by atoms with E-state index in [1.807, 2.05) is 0 Å². The van der Waals surface area contributed by atoms with Gasteiger partial charge in [-0.15, -0.1) is 0 Å². The first-order chi connectivity index (χ1) is 9.19. The number of hydrogen-bond donors (Lipinski definition) is 2. The van der Waals surface area contributed by atoms with Crippen LogP contribution < -0.4 is 5.32 Å². The van der Waals surface area contributed by atoms with Gasteiger partial charge in [0.25, 0.3) is 5.69 Å². The van der Waals surface area contributed by atoms with Crippen molar-refractivity contribution in [2.75, 3.05) is 13.2 Å². The zero-order valence-electron chi connectivity index (χ0n) is 11.3. The fraction of sp³-hybridized carbons (Fsp3) is 0.571. The third-order valence-corrected chi connectivity index (χ3v) is 3.17. The van der Waals surface area contributed by atoms with E-state index in [4.69, 9.17) is 5.11 Å². The fourth-order valence-electron chi connectivity index (χ4n) is 2.19. The Balaban J connectivity index is 2.50. The molecule has 0 fully saturated rings. The van der Waals surface area contributed by atoms with Crippen LogP contribution in [-0.4, -0.2) is 23.2 Å². The van der Waals surface area contributed by atoms with Crippen molar-refractivity contribution in [3.8, 4) is 0 Å². The first-order valence-corrected chi connectivity index (χ1v) is 6.72. The molecule has 0 amide bonds. The molecule has 0 aliphatic heterocycles. The van der Waals surface area contributed by atoms with Crippen molar-refractivity contribution >= 4 is 5.69 Å². The Bertz CT molecular complexity index is 390. The molecule has 0 saturated carbocycles. The largest absolute Gasteiger partial charge is 0.396 e. The number of nitrogens with zero attached hydrogens (tertiary/aromatic N) is 1. The number of hydrogen-bond acceptors (Lipinski definition) is 4.